The van der Waals surface area contributed by atoms with E-state index in [0.717, 1.165) is 11.1 Å². The number of hydrogen-bond donors (Lipinski definition) is 0. The molecule has 0 fully saturated rings. The number of aromatic nitrogens is 1. The molecular formula is C17H16N2O. The van der Waals surface area contributed by atoms with Crippen LogP contribution in [0.2, 0.25) is 0 Å². The van der Waals surface area contributed by atoms with Gasteiger partial charge in [0, 0.05) is 18.8 Å². The van der Waals surface area contributed by atoms with Crippen molar-refractivity contribution in [2.75, 3.05) is 0 Å². The lowest BCUT2D eigenvalue weighted by molar-refractivity contribution is 0.686. The second-order valence-corrected chi connectivity index (χ2v) is 4.64. The van der Waals surface area contributed by atoms with E-state index < -0.39 is 0 Å². The van der Waals surface area contributed by atoms with Crippen molar-refractivity contribution in [2.24, 2.45) is 0 Å². The smallest absolute Gasteiger partial charge is 0.251 e. The molecule has 3 nitrogen and oxygen atoms in total. The summed E-state index contributed by atoms with van der Waals surface area (Å²) in [5.74, 6) is 0. The number of nitriles is 1. The average molecular weight is 264 g/mol. The van der Waals surface area contributed by atoms with E-state index in [-0.39, 0.29) is 5.56 Å². The highest BCUT2D eigenvalue weighted by Gasteiger charge is 1.96. The van der Waals surface area contributed by atoms with E-state index in [1.807, 2.05) is 43.3 Å². The van der Waals surface area contributed by atoms with Crippen LogP contribution in [0.1, 0.15) is 23.1 Å². The van der Waals surface area contributed by atoms with Gasteiger partial charge in [-0.3, -0.25) is 4.79 Å². The second kappa shape index (κ2) is 6.53. The van der Waals surface area contributed by atoms with Crippen LogP contribution < -0.4 is 5.56 Å². The zero-order chi connectivity index (χ0) is 14.4. The molecular weight excluding hydrogens is 248 g/mol. The zero-order valence-corrected chi connectivity index (χ0v) is 11.4. The van der Waals surface area contributed by atoms with E-state index in [9.17, 15) is 4.79 Å². The van der Waals surface area contributed by atoms with Crippen molar-refractivity contribution in [3.05, 3.63) is 69.6 Å². The summed E-state index contributed by atoms with van der Waals surface area (Å²) in [6.07, 6.45) is 5.97. The van der Waals surface area contributed by atoms with Gasteiger partial charge in [-0.15, -0.1) is 0 Å². The van der Waals surface area contributed by atoms with E-state index in [0.29, 0.717) is 13.0 Å². The minimum Gasteiger partial charge on any atom is -0.314 e. The molecule has 3 heteroatoms. The molecule has 0 spiro atoms. The van der Waals surface area contributed by atoms with E-state index in [1.54, 1.807) is 16.8 Å². The van der Waals surface area contributed by atoms with Gasteiger partial charge in [-0.1, -0.05) is 42.0 Å². The normalized spacial score (nSPS) is 10.6. The third kappa shape index (κ3) is 3.69. The largest absolute Gasteiger partial charge is 0.314 e. The topological polar surface area (TPSA) is 45.8 Å². The van der Waals surface area contributed by atoms with Crippen LogP contribution in [-0.4, -0.2) is 4.57 Å². The molecule has 0 saturated heterocycles. The van der Waals surface area contributed by atoms with Crippen molar-refractivity contribution in [3.63, 3.8) is 0 Å². The van der Waals surface area contributed by atoms with Crippen LogP contribution in [0, 0.1) is 18.3 Å². The Morgan fingerprint density at radius 3 is 2.50 bits per heavy atom. The lowest BCUT2D eigenvalue weighted by atomic mass is 10.1. The summed E-state index contributed by atoms with van der Waals surface area (Å²) in [6.45, 7) is 2.49. The predicted octanol–water partition coefficient (Wildman–Crippen LogP) is 3.24. The Balaban J connectivity index is 2.14. The molecule has 0 N–H and O–H groups in total. The molecule has 0 atom stereocenters. The van der Waals surface area contributed by atoms with E-state index in [2.05, 4.69) is 12.1 Å². The lowest BCUT2D eigenvalue weighted by Crippen LogP contribution is -2.18. The van der Waals surface area contributed by atoms with Crippen LogP contribution in [0.15, 0.2) is 47.4 Å². The Bertz CT molecular complexity index is 703. The number of benzene rings is 1. The van der Waals surface area contributed by atoms with Crippen LogP contribution in [0.25, 0.3) is 12.2 Å². The Kier molecular flexibility index (Phi) is 4.52. The molecule has 100 valence electrons. The molecule has 0 aliphatic carbocycles. The van der Waals surface area contributed by atoms with Crippen LogP contribution in [0.3, 0.4) is 0 Å². The molecule has 1 aromatic carbocycles. The summed E-state index contributed by atoms with van der Waals surface area (Å²) in [5, 5.41) is 8.53. The van der Waals surface area contributed by atoms with Crippen LogP contribution >= 0.6 is 0 Å². The van der Waals surface area contributed by atoms with Gasteiger partial charge < -0.3 is 4.57 Å². The molecule has 1 heterocycles. The van der Waals surface area contributed by atoms with Gasteiger partial charge >= 0.3 is 0 Å². The average Bonchev–Trinajstić information content (AvgIpc) is 2.46. The maximum Gasteiger partial charge on any atom is 0.251 e. The first-order chi connectivity index (χ1) is 9.69. The quantitative estimate of drug-likeness (QED) is 0.851. The molecule has 0 radical (unpaired) electrons. The SMILES string of the molecule is Cc1ccc(/C=C/c2ccn(CCC#N)c(=O)c2)cc1. The molecule has 2 rings (SSSR count). The minimum atomic E-state index is -0.0775. The Labute approximate surface area is 118 Å². The van der Waals surface area contributed by atoms with Crippen molar-refractivity contribution in [2.45, 2.75) is 19.9 Å². The highest BCUT2D eigenvalue weighted by Crippen LogP contribution is 2.08. The number of pyridine rings is 1. The van der Waals surface area contributed by atoms with Crippen LogP contribution in [-0.2, 0) is 6.54 Å². The summed E-state index contributed by atoms with van der Waals surface area (Å²) < 4.78 is 1.55. The summed E-state index contributed by atoms with van der Waals surface area (Å²) >= 11 is 0. The van der Waals surface area contributed by atoms with Crippen LogP contribution in [0.5, 0.6) is 0 Å². The lowest BCUT2D eigenvalue weighted by Gasteiger charge is -2.02. The molecule has 0 aliphatic rings. The van der Waals surface area contributed by atoms with Crippen molar-refractivity contribution in [1.29, 1.82) is 5.26 Å². The molecule has 0 aliphatic heterocycles. The monoisotopic (exact) mass is 264 g/mol. The van der Waals surface area contributed by atoms with Gasteiger partial charge in [-0.25, -0.2) is 0 Å². The summed E-state index contributed by atoms with van der Waals surface area (Å²) in [6, 6.07) is 13.7. The first-order valence-electron chi connectivity index (χ1n) is 6.51. The van der Waals surface area contributed by atoms with Gasteiger partial charge in [-0.05, 0) is 24.1 Å². The van der Waals surface area contributed by atoms with Gasteiger partial charge in [0.1, 0.15) is 0 Å². The van der Waals surface area contributed by atoms with Gasteiger partial charge in [0.05, 0.1) is 12.5 Å². The number of hydrogen-bond acceptors (Lipinski definition) is 2. The predicted molar refractivity (Wildman–Crippen MR) is 81.0 cm³/mol. The van der Waals surface area contributed by atoms with E-state index in [4.69, 9.17) is 5.26 Å². The number of rotatable bonds is 4. The third-order valence-corrected chi connectivity index (χ3v) is 3.03. The fourth-order valence-electron chi connectivity index (χ4n) is 1.85. The standard InChI is InChI=1S/C17H16N2O/c1-14-3-5-15(6-4-14)7-8-16-9-12-19(11-2-10-18)17(20)13-16/h3-9,12-13H,2,11H2,1H3/b8-7+. The third-order valence-electron chi connectivity index (χ3n) is 3.03. The van der Waals surface area contributed by atoms with Crippen molar-refractivity contribution in [1.82, 2.24) is 4.57 Å². The van der Waals surface area contributed by atoms with Crippen molar-refractivity contribution >= 4 is 12.2 Å². The number of nitrogens with zero attached hydrogens (tertiary/aromatic N) is 2. The van der Waals surface area contributed by atoms with Gasteiger partial charge in [0.15, 0.2) is 0 Å². The van der Waals surface area contributed by atoms with Crippen molar-refractivity contribution in [3.8, 4) is 6.07 Å². The molecule has 0 saturated carbocycles. The molecule has 0 bridgehead atoms. The van der Waals surface area contributed by atoms with Gasteiger partial charge in [0.2, 0.25) is 0 Å². The van der Waals surface area contributed by atoms with Crippen molar-refractivity contribution < 1.29 is 0 Å². The Morgan fingerprint density at radius 1 is 1.15 bits per heavy atom. The second-order valence-electron chi connectivity index (χ2n) is 4.64. The van der Waals surface area contributed by atoms with Gasteiger partial charge in [0.25, 0.3) is 5.56 Å². The highest BCUT2D eigenvalue weighted by atomic mass is 16.1. The fraction of sp³-hybridized carbons (Fsp3) is 0.176. The van der Waals surface area contributed by atoms with Crippen LogP contribution in [0.4, 0.5) is 0 Å². The first kappa shape index (κ1) is 13.8. The Morgan fingerprint density at radius 2 is 1.85 bits per heavy atom. The number of aryl methyl sites for hydroxylation is 2. The summed E-state index contributed by atoms with van der Waals surface area (Å²) in [7, 11) is 0. The molecule has 2 aromatic rings. The maximum atomic E-state index is 11.8. The molecule has 0 amide bonds. The molecule has 1 aromatic heterocycles. The fourth-order valence-corrected chi connectivity index (χ4v) is 1.85. The molecule has 0 unspecified atom stereocenters. The van der Waals surface area contributed by atoms with Gasteiger partial charge in [-0.2, -0.15) is 5.26 Å². The summed E-state index contributed by atoms with van der Waals surface area (Å²) in [4.78, 5) is 11.8. The highest BCUT2D eigenvalue weighted by molar-refractivity contribution is 5.69. The first-order valence-corrected chi connectivity index (χ1v) is 6.51. The summed E-state index contributed by atoms with van der Waals surface area (Å²) in [5.41, 5.74) is 3.11. The Hall–Kier alpha value is -2.60. The minimum absolute atomic E-state index is 0.0775. The van der Waals surface area contributed by atoms with E-state index >= 15 is 0 Å². The zero-order valence-electron chi connectivity index (χ0n) is 11.4. The maximum absolute atomic E-state index is 11.8. The van der Waals surface area contributed by atoms with E-state index in [1.165, 1.54) is 5.56 Å². The molecule has 20 heavy (non-hydrogen) atoms.